The topological polar surface area (TPSA) is 205 Å². The molecule has 0 bridgehead atoms. The first-order valence-electron chi connectivity index (χ1n) is 22.3. The van der Waals surface area contributed by atoms with Gasteiger partial charge in [0.2, 0.25) is 0 Å². The fraction of sp³-hybridized carbons (Fsp3) is 0.288. The van der Waals surface area contributed by atoms with Gasteiger partial charge in [0.05, 0.1) is 57.6 Å². The fourth-order valence-electron chi connectivity index (χ4n) is 7.30. The molecule has 0 spiro atoms. The van der Waals surface area contributed by atoms with Crippen molar-refractivity contribution in [1.82, 2.24) is 39.5 Å². The van der Waals surface area contributed by atoms with Crippen LogP contribution < -0.4 is 15.5 Å². The van der Waals surface area contributed by atoms with E-state index in [1.165, 1.54) is 9.80 Å². The standard InChI is InChI=1S/C26H28N6O3.C26H30N6O2/c1-16-9-7-12-24(28-16)32-23-14-18(21-11-8-10-20(29-21)17(2)30-34)13-22(19(23)15-27-32)31(6)25(33)35-26(3,4)5;1-16-9-7-12-24(29-16)32-23-14-18(21-11-8-10-20(30-21)17(2)27)13-22(19(23)15-28-32)31(6)25(33)34-26(3,4)5/h7-15,34H,1-6H3;7-15,17H,27H2,1-6H3/b30-17-;. The van der Waals surface area contributed by atoms with Gasteiger partial charge in [-0.25, -0.2) is 33.9 Å². The van der Waals surface area contributed by atoms with Crippen LogP contribution in [0.4, 0.5) is 21.0 Å². The number of rotatable bonds is 8. The molecule has 0 fully saturated rings. The summed E-state index contributed by atoms with van der Waals surface area (Å²) >= 11 is 0. The van der Waals surface area contributed by atoms with E-state index < -0.39 is 23.4 Å². The molecule has 0 aliphatic carbocycles. The van der Waals surface area contributed by atoms with E-state index in [-0.39, 0.29) is 6.04 Å². The average Bonchev–Trinajstić information content (AvgIpc) is 3.94. The van der Waals surface area contributed by atoms with Gasteiger partial charge in [0.15, 0.2) is 11.6 Å². The van der Waals surface area contributed by atoms with Crippen LogP contribution in [0.3, 0.4) is 0 Å². The third-order valence-corrected chi connectivity index (χ3v) is 10.7. The molecule has 8 rings (SSSR count). The van der Waals surface area contributed by atoms with Crippen LogP contribution in [0.2, 0.25) is 0 Å². The molecule has 8 aromatic rings. The van der Waals surface area contributed by atoms with Crippen LogP contribution in [0.1, 0.15) is 84.2 Å². The van der Waals surface area contributed by atoms with Crippen molar-refractivity contribution in [3.8, 4) is 34.2 Å². The maximum atomic E-state index is 13.0. The number of aryl methyl sites for hydroxylation is 2. The molecule has 17 heteroatoms. The molecule has 0 saturated carbocycles. The maximum Gasteiger partial charge on any atom is 0.414 e. The van der Waals surface area contributed by atoms with E-state index in [2.05, 4.69) is 30.3 Å². The van der Waals surface area contributed by atoms with Crippen LogP contribution in [0, 0.1) is 13.8 Å². The molecule has 6 aromatic heterocycles. The minimum absolute atomic E-state index is 0.199. The van der Waals surface area contributed by atoms with Crippen molar-refractivity contribution < 1.29 is 24.3 Å². The van der Waals surface area contributed by atoms with Crippen molar-refractivity contribution in [2.75, 3.05) is 23.9 Å². The van der Waals surface area contributed by atoms with Crippen LogP contribution in [-0.4, -0.2) is 87.9 Å². The summed E-state index contributed by atoms with van der Waals surface area (Å²) in [5.41, 5.74) is 14.1. The van der Waals surface area contributed by atoms with Crippen LogP contribution in [0.5, 0.6) is 0 Å². The van der Waals surface area contributed by atoms with E-state index in [9.17, 15) is 14.8 Å². The Morgan fingerprint density at radius 1 is 0.652 bits per heavy atom. The smallest absolute Gasteiger partial charge is 0.414 e. The largest absolute Gasteiger partial charge is 0.443 e. The summed E-state index contributed by atoms with van der Waals surface area (Å²) in [6.45, 7) is 18.4. The third-order valence-electron chi connectivity index (χ3n) is 10.7. The monoisotopic (exact) mass is 930 g/mol. The van der Waals surface area contributed by atoms with Gasteiger partial charge in [0.25, 0.3) is 0 Å². The number of anilines is 2. The molecule has 0 saturated heterocycles. The highest BCUT2D eigenvalue weighted by atomic mass is 16.6. The Morgan fingerprint density at radius 3 is 1.51 bits per heavy atom. The van der Waals surface area contributed by atoms with E-state index in [0.29, 0.717) is 40.1 Å². The van der Waals surface area contributed by atoms with Gasteiger partial charge in [-0.05, 0) is 142 Å². The summed E-state index contributed by atoms with van der Waals surface area (Å²) in [6, 6.07) is 30.3. The van der Waals surface area contributed by atoms with Crippen molar-refractivity contribution in [2.45, 2.75) is 86.5 Å². The Labute approximate surface area is 401 Å². The van der Waals surface area contributed by atoms with Crippen molar-refractivity contribution >= 4 is 51.1 Å². The minimum atomic E-state index is -0.644. The van der Waals surface area contributed by atoms with E-state index in [4.69, 9.17) is 20.2 Å². The summed E-state index contributed by atoms with van der Waals surface area (Å²) in [5.74, 6) is 1.35. The second-order valence-electron chi connectivity index (χ2n) is 18.7. The highest BCUT2D eigenvalue weighted by Gasteiger charge is 2.26. The van der Waals surface area contributed by atoms with Gasteiger partial charge in [-0.2, -0.15) is 10.2 Å². The number of carbonyl (C=O) groups is 2. The SMILES string of the molecule is C/C(=N/O)c1cccc(-c2cc(N(C)C(=O)OC(C)(C)C)c3cnn(-c4cccc(C)n4)c3c2)n1.Cc1cccc(-n2ncc3c(N(C)C(=O)OC(C)(C)C)cc(-c4cccc(C(C)N)n4)cc32)n1. The molecule has 69 heavy (non-hydrogen) atoms. The summed E-state index contributed by atoms with van der Waals surface area (Å²) in [4.78, 5) is 47.5. The minimum Gasteiger partial charge on any atom is -0.443 e. The molecule has 17 nitrogen and oxygen atoms in total. The van der Waals surface area contributed by atoms with Gasteiger partial charge in [0, 0.05) is 53.4 Å². The van der Waals surface area contributed by atoms with Crippen LogP contribution >= 0.6 is 0 Å². The summed E-state index contributed by atoms with van der Waals surface area (Å²) in [5, 5.41) is 23.2. The lowest BCUT2D eigenvalue weighted by Crippen LogP contribution is -2.34. The Bertz CT molecular complexity index is 3220. The highest BCUT2D eigenvalue weighted by molar-refractivity contribution is 6.04. The van der Waals surface area contributed by atoms with E-state index in [1.54, 1.807) is 48.8 Å². The zero-order valence-corrected chi connectivity index (χ0v) is 41.0. The first-order valence-corrected chi connectivity index (χ1v) is 22.3. The van der Waals surface area contributed by atoms with Crippen molar-refractivity contribution in [3.05, 3.63) is 132 Å². The number of ether oxygens (including phenoxy) is 2. The van der Waals surface area contributed by atoms with Crippen molar-refractivity contribution in [1.29, 1.82) is 0 Å². The number of aromatic nitrogens is 8. The maximum absolute atomic E-state index is 13.0. The molecule has 0 aliphatic rings. The second-order valence-corrected chi connectivity index (χ2v) is 18.7. The Kier molecular flexibility index (Phi) is 13.9. The number of nitrogens with zero attached hydrogens (tertiary/aromatic N) is 11. The van der Waals surface area contributed by atoms with E-state index >= 15 is 0 Å². The van der Waals surface area contributed by atoms with Gasteiger partial charge >= 0.3 is 12.2 Å². The predicted octanol–water partition coefficient (Wildman–Crippen LogP) is 10.5. The number of oxime groups is 1. The summed E-state index contributed by atoms with van der Waals surface area (Å²) in [6.07, 6.45) is 2.52. The number of pyridine rings is 4. The number of carbonyl (C=O) groups excluding carboxylic acids is 2. The van der Waals surface area contributed by atoms with E-state index in [1.807, 2.05) is 153 Å². The molecule has 3 N–H and O–H groups in total. The molecule has 0 aliphatic heterocycles. The Balaban J connectivity index is 0.000000204. The Hall–Kier alpha value is -8.05. The normalized spacial score (nSPS) is 12.3. The van der Waals surface area contributed by atoms with Crippen LogP contribution in [0.15, 0.2) is 115 Å². The number of amides is 2. The molecule has 6 heterocycles. The molecule has 0 radical (unpaired) electrons. The van der Waals surface area contributed by atoms with Crippen molar-refractivity contribution in [3.63, 3.8) is 0 Å². The van der Waals surface area contributed by atoms with Gasteiger partial charge in [0.1, 0.15) is 16.9 Å². The van der Waals surface area contributed by atoms with E-state index in [0.717, 1.165) is 55.7 Å². The number of hydrogen-bond donors (Lipinski definition) is 2. The number of nitrogens with two attached hydrogens (primary N) is 1. The lowest BCUT2D eigenvalue weighted by Gasteiger charge is -2.25. The summed E-state index contributed by atoms with van der Waals surface area (Å²) in [7, 11) is 3.36. The lowest BCUT2D eigenvalue weighted by molar-refractivity contribution is 0.0579. The molecular formula is C52H58N12O5. The zero-order valence-electron chi connectivity index (χ0n) is 41.0. The number of fused-ring (bicyclic) bond motifs is 2. The molecule has 1 atom stereocenters. The lowest BCUT2D eigenvalue weighted by atomic mass is 10.1. The number of hydrogen-bond acceptors (Lipinski definition) is 13. The quantitative estimate of drug-likeness (QED) is 0.0830. The average molecular weight is 931 g/mol. The fourth-order valence-corrected chi connectivity index (χ4v) is 7.30. The predicted molar refractivity (Wildman–Crippen MR) is 270 cm³/mol. The number of benzene rings is 2. The van der Waals surface area contributed by atoms with Gasteiger partial charge in [-0.15, -0.1) is 0 Å². The molecule has 2 aromatic carbocycles. The third kappa shape index (κ3) is 11.2. The molecule has 356 valence electrons. The first kappa shape index (κ1) is 48.9. The van der Waals surface area contributed by atoms with Gasteiger partial charge < -0.3 is 20.4 Å². The highest BCUT2D eigenvalue weighted by Crippen LogP contribution is 2.36. The van der Waals surface area contributed by atoms with Crippen LogP contribution in [-0.2, 0) is 9.47 Å². The second kappa shape index (κ2) is 19.7. The van der Waals surface area contributed by atoms with Crippen molar-refractivity contribution in [2.24, 2.45) is 10.9 Å². The molecule has 1 unspecified atom stereocenters. The molecule has 2 amide bonds. The first-order chi connectivity index (χ1) is 32.6. The zero-order chi connectivity index (χ0) is 49.9. The Morgan fingerprint density at radius 2 is 1.09 bits per heavy atom. The summed E-state index contributed by atoms with van der Waals surface area (Å²) < 4.78 is 14.7. The van der Waals surface area contributed by atoms with Gasteiger partial charge in [-0.1, -0.05) is 29.4 Å². The molecular weight excluding hydrogens is 873 g/mol. The van der Waals surface area contributed by atoms with Gasteiger partial charge in [-0.3, -0.25) is 14.8 Å². The van der Waals surface area contributed by atoms with Crippen LogP contribution in [0.25, 0.3) is 56.0 Å².